The molecule has 0 aliphatic heterocycles. The maximum atomic E-state index is 13.0. The number of amides is 1. The van der Waals surface area contributed by atoms with Crippen LogP contribution in [-0.4, -0.2) is 51.0 Å². The van der Waals surface area contributed by atoms with E-state index in [4.69, 9.17) is 9.47 Å². The molecule has 2 heterocycles. The predicted molar refractivity (Wildman–Crippen MR) is 130 cm³/mol. The molecule has 10 heteroatoms. The lowest BCUT2D eigenvalue weighted by Crippen LogP contribution is -2.31. The molecule has 192 valence electrons. The van der Waals surface area contributed by atoms with Crippen LogP contribution in [-0.2, 0) is 25.5 Å². The van der Waals surface area contributed by atoms with E-state index in [0.717, 1.165) is 0 Å². The van der Waals surface area contributed by atoms with Crippen molar-refractivity contribution in [1.82, 2.24) is 19.9 Å². The van der Waals surface area contributed by atoms with Crippen LogP contribution in [0.15, 0.2) is 30.3 Å². The molecule has 0 aliphatic carbocycles. The number of hydrogen-bond donors (Lipinski definition) is 1. The van der Waals surface area contributed by atoms with E-state index >= 15 is 0 Å². The molecule has 0 bridgehead atoms. The zero-order valence-electron chi connectivity index (χ0n) is 21.3. The van der Waals surface area contributed by atoms with Crippen LogP contribution in [0, 0.1) is 19.7 Å². The van der Waals surface area contributed by atoms with Gasteiger partial charge in [-0.25, -0.2) is 18.7 Å². The Kier molecular flexibility index (Phi) is 8.19. The Morgan fingerprint density at radius 2 is 1.81 bits per heavy atom. The van der Waals surface area contributed by atoms with Gasteiger partial charge in [0.1, 0.15) is 5.82 Å². The average molecular weight is 499 g/mol. The van der Waals surface area contributed by atoms with Crippen LogP contribution in [0.1, 0.15) is 66.8 Å². The van der Waals surface area contributed by atoms with Crippen molar-refractivity contribution in [2.45, 2.75) is 59.7 Å². The van der Waals surface area contributed by atoms with Gasteiger partial charge in [0.25, 0.3) is 5.91 Å². The third-order valence-electron chi connectivity index (χ3n) is 5.30. The molecule has 0 fully saturated rings. The number of ether oxygens (including phenoxy) is 2. The lowest BCUT2D eigenvalue weighted by molar-refractivity contribution is -0.167. The minimum absolute atomic E-state index is 0.0674. The fourth-order valence-corrected chi connectivity index (χ4v) is 3.75. The van der Waals surface area contributed by atoms with Crippen molar-refractivity contribution in [2.24, 2.45) is 0 Å². The van der Waals surface area contributed by atoms with E-state index in [9.17, 15) is 18.8 Å². The number of carbonyl (C=O) groups excluding carboxylic acids is 3. The molecule has 1 aromatic carbocycles. The molecule has 0 aliphatic rings. The van der Waals surface area contributed by atoms with Gasteiger partial charge in [-0.3, -0.25) is 9.59 Å². The van der Waals surface area contributed by atoms with Gasteiger partial charge in [0.2, 0.25) is 0 Å². The molecule has 1 atom stereocenters. The summed E-state index contributed by atoms with van der Waals surface area (Å²) in [6.45, 7) is 10.7. The smallest absolute Gasteiger partial charge is 0.340 e. The van der Waals surface area contributed by atoms with Gasteiger partial charge in [-0.1, -0.05) is 12.1 Å². The van der Waals surface area contributed by atoms with Crippen LogP contribution < -0.4 is 5.32 Å². The summed E-state index contributed by atoms with van der Waals surface area (Å²) < 4.78 is 25.8. The van der Waals surface area contributed by atoms with Gasteiger partial charge in [0.05, 0.1) is 18.8 Å². The zero-order chi connectivity index (χ0) is 26.6. The first-order valence-electron chi connectivity index (χ1n) is 11.6. The number of carbonyl (C=O) groups is 3. The summed E-state index contributed by atoms with van der Waals surface area (Å²) in [6, 6.07) is 7.12. The first-order chi connectivity index (χ1) is 16.9. The summed E-state index contributed by atoms with van der Waals surface area (Å²) >= 11 is 0. The fourth-order valence-electron chi connectivity index (χ4n) is 3.75. The quantitative estimate of drug-likeness (QED) is 0.450. The van der Waals surface area contributed by atoms with Gasteiger partial charge in [-0.05, 0) is 59.2 Å². The number of benzene rings is 1. The zero-order valence-corrected chi connectivity index (χ0v) is 21.3. The number of nitrogens with one attached hydrogen (secondary N) is 1. The van der Waals surface area contributed by atoms with Crippen LogP contribution in [0.3, 0.4) is 0 Å². The molecule has 36 heavy (non-hydrogen) atoms. The number of fused-ring (bicyclic) bond motifs is 1. The Morgan fingerprint density at radius 1 is 1.14 bits per heavy atom. The minimum Gasteiger partial charge on any atom is -0.464 e. The van der Waals surface area contributed by atoms with Crippen molar-refractivity contribution in [1.29, 1.82) is 0 Å². The van der Waals surface area contributed by atoms with Gasteiger partial charge < -0.3 is 14.8 Å². The first kappa shape index (κ1) is 26.9. The van der Waals surface area contributed by atoms with Gasteiger partial charge >= 0.3 is 5.97 Å². The fraction of sp³-hybridized carbons (Fsp3) is 0.423. The molecule has 2 aromatic heterocycles. The highest BCUT2D eigenvalue weighted by atomic mass is 19.1. The lowest BCUT2D eigenvalue weighted by atomic mass is 10.0. The molecule has 3 rings (SSSR count). The van der Waals surface area contributed by atoms with E-state index in [1.807, 2.05) is 20.8 Å². The van der Waals surface area contributed by atoms with E-state index in [-0.39, 0.29) is 36.9 Å². The van der Waals surface area contributed by atoms with Crippen molar-refractivity contribution < 1.29 is 28.2 Å². The van der Waals surface area contributed by atoms with E-state index in [1.165, 1.54) is 34.8 Å². The Morgan fingerprint density at radius 3 is 2.42 bits per heavy atom. The predicted octanol–water partition coefficient (Wildman–Crippen LogP) is 3.45. The van der Waals surface area contributed by atoms with Gasteiger partial charge in [0, 0.05) is 29.4 Å². The number of aromatic nitrogens is 3. The van der Waals surface area contributed by atoms with Crippen LogP contribution in [0.25, 0.3) is 5.65 Å². The molecule has 0 saturated heterocycles. The van der Waals surface area contributed by atoms with E-state index in [0.29, 0.717) is 28.2 Å². The number of aryl methyl sites for hydroxylation is 2. The Hall–Kier alpha value is -3.66. The number of esters is 1. The molecule has 1 N–H and O–H groups in total. The maximum absolute atomic E-state index is 13.0. The summed E-state index contributed by atoms with van der Waals surface area (Å²) in [5.74, 6) is -1.70. The standard InChI is InChI=1S/C26H31FN4O5/c1-7-35-25(34)23(36-26(4,5)6)22-15(2)29-21-13-20(30-31(21)16(22)3)24(33)28-14-19(32)12-17-8-10-18(27)11-9-17/h8-11,13,23H,7,12,14H2,1-6H3,(H,28,33). The number of halogens is 1. The van der Waals surface area contributed by atoms with Gasteiger partial charge in [-0.15, -0.1) is 0 Å². The van der Waals surface area contributed by atoms with Crippen molar-refractivity contribution >= 4 is 23.3 Å². The second-order valence-electron chi connectivity index (χ2n) is 9.38. The highest BCUT2D eigenvalue weighted by Gasteiger charge is 2.32. The normalized spacial score (nSPS) is 12.4. The topological polar surface area (TPSA) is 112 Å². The van der Waals surface area contributed by atoms with Crippen molar-refractivity contribution in [2.75, 3.05) is 13.2 Å². The lowest BCUT2D eigenvalue weighted by Gasteiger charge is -2.28. The summed E-state index contributed by atoms with van der Waals surface area (Å²) in [4.78, 5) is 42.2. The molecule has 0 saturated carbocycles. The number of nitrogens with zero attached hydrogens (tertiary/aromatic N) is 3. The Bertz CT molecular complexity index is 1280. The minimum atomic E-state index is -1.02. The maximum Gasteiger partial charge on any atom is 0.340 e. The van der Waals surface area contributed by atoms with Crippen molar-refractivity contribution in [3.63, 3.8) is 0 Å². The summed E-state index contributed by atoms with van der Waals surface area (Å²) in [7, 11) is 0. The van der Waals surface area contributed by atoms with E-state index in [1.54, 1.807) is 20.8 Å². The number of Topliss-reactive ketones (excluding diaryl/α,β-unsaturated/α-hetero) is 1. The highest BCUT2D eigenvalue weighted by molar-refractivity contribution is 5.96. The molecule has 1 amide bonds. The SMILES string of the molecule is CCOC(=O)C(OC(C)(C)C)c1c(C)nc2cc(C(=O)NCC(=O)Cc3ccc(F)cc3)nn2c1C. The summed E-state index contributed by atoms with van der Waals surface area (Å²) in [5, 5.41) is 6.92. The van der Waals surface area contributed by atoms with Gasteiger partial charge in [0.15, 0.2) is 23.2 Å². The largest absolute Gasteiger partial charge is 0.464 e. The molecule has 1 unspecified atom stereocenters. The van der Waals surface area contributed by atoms with Crippen molar-refractivity contribution in [3.8, 4) is 0 Å². The average Bonchev–Trinajstić information content (AvgIpc) is 3.22. The monoisotopic (exact) mass is 498 g/mol. The number of ketones is 1. The van der Waals surface area contributed by atoms with Gasteiger partial charge in [-0.2, -0.15) is 5.10 Å². The molecule has 9 nitrogen and oxygen atoms in total. The first-order valence-corrected chi connectivity index (χ1v) is 11.6. The van der Waals surface area contributed by atoms with E-state index < -0.39 is 23.6 Å². The Labute approximate surface area is 209 Å². The number of rotatable bonds is 9. The summed E-state index contributed by atoms with van der Waals surface area (Å²) in [6.07, 6.45) is -0.953. The van der Waals surface area contributed by atoms with Crippen LogP contribution in [0.4, 0.5) is 4.39 Å². The summed E-state index contributed by atoms with van der Waals surface area (Å²) in [5.41, 5.74) is 2.13. The molecule has 0 spiro atoms. The number of hydrogen-bond acceptors (Lipinski definition) is 7. The molecular weight excluding hydrogens is 467 g/mol. The van der Waals surface area contributed by atoms with Crippen LogP contribution in [0.2, 0.25) is 0 Å². The highest BCUT2D eigenvalue weighted by Crippen LogP contribution is 2.30. The third kappa shape index (κ3) is 6.51. The third-order valence-corrected chi connectivity index (χ3v) is 5.30. The van der Waals surface area contributed by atoms with Crippen LogP contribution >= 0.6 is 0 Å². The van der Waals surface area contributed by atoms with E-state index in [2.05, 4.69) is 15.4 Å². The molecule has 0 radical (unpaired) electrons. The second kappa shape index (κ2) is 10.9. The van der Waals surface area contributed by atoms with Crippen molar-refractivity contribution in [3.05, 3.63) is 64.4 Å². The molecular formula is C26H31FN4O5. The Balaban J connectivity index is 1.82. The van der Waals surface area contributed by atoms with Crippen LogP contribution in [0.5, 0.6) is 0 Å². The second-order valence-corrected chi connectivity index (χ2v) is 9.38. The molecule has 3 aromatic rings.